The molecule has 1 unspecified atom stereocenters. The first kappa shape index (κ1) is 12.1. The normalized spacial score (nSPS) is 12.1. The maximum Gasteiger partial charge on any atom is 0.265 e. The summed E-state index contributed by atoms with van der Waals surface area (Å²) in [4.78, 5) is 16.2. The van der Waals surface area contributed by atoms with Gasteiger partial charge < -0.3 is 5.32 Å². The zero-order chi connectivity index (χ0) is 12.3. The zero-order valence-electron chi connectivity index (χ0n) is 9.18. The molecule has 0 saturated carbocycles. The minimum atomic E-state index is -0.186. The summed E-state index contributed by atoms with van der Waals surface area (Å²) >= 11 is 7.04. The van der Waals surface area contributed by atoms with Crippen LogP contribution in [0.5, 0.6) is 0 Å². The van der Waals surface area contributed by atoms with Gasteiger partial charge in [0.2, 0.25) is 0 Å². The van der Waals surface area contributed by atoms with E-state index in [9.17, 15) is 4.79 Å². The molecule has 0 aliphatic carbocycles. The standard InChI is InChI=1S/C12H11ClN2OS/c1-8(9-5-3-2-4-6-9)15-12(16)10-11(13)14-7-17-10/h2-8H,1H3,(H,15,16). The molecule has 1 atom stereocenters. The number of hydrogen-bond donors (Lipinski definition) is 1. The third-order valence-corrected chi connectivity index (χ3v) is 3.60. The smallest absolute Gasteiger partial charge is 0.265 e. The second kappa shape index (κ2) is 5.29. The quantitative estimate of drug-likeness (QED) is 0.926. The molecule has 5 heteroatoms. The number of aromatic nitrogens is 1. The van der Waals surface area contributed by atoms with E-state index < -0.39 is 0 Å². The lowest BCUT2D eigenvalue weighted by Crippen LogP contribution is -2.26. The van der Waals surface area contributed by atoms with E-state index in [-0.39, 0.29) is 17.1 Å². The van der Waals surface area contributed by atoms with Crippen LogP contribution in [0.25, 0.3) is 0 Å². The number of rotatable bonds is 3. The highest BCUT2D eigenvalue weighted by Crippen LogP contribution is 2.20. The van der Waals surface area contributed by atoms with E-state index in [4.69, 9.17) is 11.6 Å². The second-order valence-corrected chi connectivity index (χ2v) is 4.79. The molecular weight excluding hydrogens is 256 g/mol. The first-order valence-corrected chi connectivity index (χ1v) is 6.39. The number of thiazole rings is 1. The molecule has 2 rings (SSSR count). The maximum atomic E-state index is 11.9. The SMILES string of the molecule is CC(NC(=O)c1scnc1Cl)c1ccccc1. The summed E-state index contributed by atoms with van der Waals surface area (Å²) in [5.74, 6) is -0.186. The fourth-order valence-corrected chi connectivity index (χ4v) is 2.37. The van der Waals surface area contributed by atoms with Crippen LogP contribution in [0.2, 0.25) is 5.15 Å². The summed E-state index contributed by atoms with van der Waals surface area (Å²) in [6, 6.07) is 9.72. The van der Waals surface area contributed by atoms with Gasteiger partial charge in [-0.2, -0.15) is 0 Å². The van der Waals surface area contributed by atoms with E-state index in [2.05, 4.69) is 10.3 Å². The maximum absolute atomic E-state index is 11.9. The predicted octanol–water partition coefficient (Wildman–Crippen LogP) is 3.29. The van der Waals surface area contributed by atoms with Crippen LogP contribution in [-0.4, -0.2) is 10.9 Å². The molecule has 0 bridgehead atoms. The van der Waals surface area contributed by atoms with Crippen LogP contribution in [0.3, 0.4) is 0 Å². The van der Waals surface area contributed by atoms with E-state index >= 15 is 0 Å². The summed E-state index contributed by atoms with van der Waals surface area (Å²) in [5, 5.41) is 3.14. The van der Waals surface area contributed by atoms with Crippen LogP contribution in [0, 0.1) is 0 Å². The Hall–Kier alpha value is -1.39. The van der Waals surface area contributed by atoms with Gasteiger partial charge in [-0.05, 0) is 12.5 Å². The van der Waals surface area contributed by atoms with Gasteiger partial charge in [0, 0.05) is 0 Å². The van der Waals surface area contributed by atoms with Crippen molar-refractivity contribution in [2.75, 3.05) is 0 Å². The largest absolute Gasteiger partial charge is 0.345 e. The molecule has 1 aromatic heterocycles. The van der Waals surface area contributed by atoms with Crippen LogP contribution >= 0.6 is 22.9 Å². The molecule has 0 fully saturated rings. The van der Waals surface area contributed by atoms with Gasteiger partial charge >= 0.3 is 0 Å². The molecule has 0 saturated heterocycles. The van der Waals surface area contributed by atoms with Crippen molar-refractivity contribution in [2.45, 2.75) is 13.0 Å². The summed E-state index contributed by atoms with van der Waals surface area (Å²) in [7, 11) is 0. The fraction of sp³-hybridized carbons (Fsp3) is 0.167. The van der Waals surface area contributed by atoms with Crippen molar-refractivity contribution in [3.05, 3.63) is 51.4 Å². The van der Waals surface area contributed by atoms with Crippen molar-refractivity contribution >= 4 is 28.8 Å². The Morgan fingerprint density at radius 3 is 2.71 bits per heavy atom. The third-order valence-electron chi connectivity index (χ3n) is 2.38. The first-order valence-electron chi connectivity index (χ1n) is 5.13. The number of amides is 1. The second-order valence-electron chi connectivity index (χ2n) is 3.58. The van der Waals surface area contributed by atoms with E-state index in [1.807, 2.05) is 37.3 Å². The van der Waals surface area contributed by atoms with Gasteiger partial charge in [0.05, 0.1) is 11.6 Å². The Labute approximate surface area is 108 Å². The van der Waals surface area contributed by atoms with Crippen molar-refractivity contribution < 1.29 is 4.79 Å². The van der Waals surface area contributed by atoms with Crippen LogP contribution in [-0.2, 0) is 0 Å². The summed E-state index contributed by atoms with van der Waals surface area (Å²) < 4.78 is 0. The lowest BCUT2D eigenvalue weighted by atomic mass is 10.1. The average molecular weight is 267 g/mol. The summed E-state index contributed by atoms with van der Waals surface area (Å²) in [6.45, 7) is 1.93. The highest BCUT2D eigenvalue weighted by atomic mass is 35.5. The monoisotopic (exact) mass is 266 g/mol. The summed E-state index contributed by atoms with van der Waals surface area (Å²) in [6.07, 6.45) is 0. The number of hydrogen-bond acceptors (Lipinski definition) is 3. The topological polar surface area (TPSA) is 42.0 Å². The molecule has 1 amide bonds. The van der Waals surface area contributed by atoms with E-state index in [0.29, 0.717) is 4.88 Å². The number of carbonyl (C=O) groups excluding carboxylic acids is 1. The highest BCUT2D eigenvalue weighted by Gasteiger charge is 2.15. The zero-order valence-corrected chi connectivity index (χ0v) is 10.8. The van der Waals surface area contributed by atoms with Gasteiger partial charge in [0.15, 0.2) is 5.15 Å². The van der Waals surface area contributed by atoms with E-state index in [0.717, 1.165) is 5.56 Å². The van der Waals surface area contributed by atoms with Gasteiger partial charge in [-0.3, -0.25) is 4.79 Å². The molecule has 0 aliphatic heterocycles. The van der Waals surface area contributed by atoms with Crippen molar-refractivity contribution in [3.63, 3.8) is 0 Å². The van der Waals surface area contributed by atoms with E-state index in [1.54, 1.807) is 5.51 Å². The molecule has 1 heterocycles. The molecule has 2 aromatic rings. The average Bonchev–Trinajstić information content (AvgIpc) is 2.76. The van der Waals surface area contributed by atoms with Gasteiger partial charge in [-0.25, -0.2) is 4.98 Å². The number of benzene rings is 1. The molecule has 0 spiro atoms. The molecule has 17 heavy (non-hydrogen) atoms. The van der Waals surface area contributed by atoms with Gasteiger partial charge in [0.1, 0.15) is 4.88 Å². The first-order chi connectivity index (χ1) is 8.18. The highest BCUT2D eigenvalue weighted by molar-refractivity contribution is 7.12. The van der Waals surface area contributed by atoms with Crippen molar-refractivity contribution in [2.24, 2.45) is 0 Å². The minimum absolute atomic E-state index is 0.0538. The molecule has 1 N–H and O–H groups in total. The predicted molar refractivity (Wildman–Crippen MR) is 69.4 cm³/mol. The number of nitrogens with one attached hydrogen (secondary N) is 1. The number of carbonyl (C=O) groups is 1. The Morgan fingerprint density at radius 1 is 1.41 bits per heavy atom. The molecule has 88 valence electrons. The minimum Gasteiger partial charge on any atom is -0.345 e. The van der Waals surface area contributed by atoms with Crippen molar-refractivity contribution in [1.29, 1.82) is 0 Å². The van der Waals surface area contributed by atoms with Gasteiger partial charge in [0.25, 0.3) is 5.91 Å². The lowest BCUT2D eigenvalue weighted by molar-refractivity contribution is 0.0944. The molecule has 3 nitrogen and oxygen atoms in total. The Morgan fingerprint density at radius 2 is 2.12 bits per heavy atom. The molecule has 1 aromatic carbocycles. The Balaban J connectivity index is 2.08. The van der Waals surface area contributed by atoms with Crippen molar-refractivity contribution in [3.8, 4) is 0 Å². The number of nitrogens with zero attached hydrogens (tertiary/aromatic N) is 1. The van der Waals surface area contributed by atoms with Gasteiger partial charge in [-0.15, -0.1) is 11.3 Å². The van der Waals surface area contributed by atoms with Crippen LogP contribution < -0.4 is 5.32 Å². The Kier molecular flexibility index (Phi) is 3.76. The van der Waals surface area contributed by atoms with Gasteiger partial charge in [-0.1, -0.05) is 41.9 Å². The van der Waals surface area contributed by atoms with Crippen LogP contribution in [0.1, 0.15) is 28.2 Å². The molecular formula is C12H11ClN2OS. The lowest BCUT2D eigenvalue weighted by Gasteiger charge is -2.13. The molecule has 0 radical (unpaired) electrons. The molecule has 0 aliphatic rings. The van der Waals surface area contributed by atoms with Crippen molar-refractivity contribution in [1.82, 2.24) is 10.3 Å². The summed E-state index contributed by atoms with van der Waals surface area (Å²) in [5.41, 5.74) is 2.62. The van der Waals surface area contributed by atoms with Crippen LogP contribution in [0.4, 0.5) is 0 Å². The third kappa shape index (κ3) is 2.84. The fourth-order valence-electron chi connectivity index (χ4n) is 1.47. The van der Waals surface area contributed by atoms with E-state index in [1.165, 1.54) is 11.3 Å². The Bertz CT molecular complexity index is 512. The van der Waals surface area contributed by atoms with Crippen LogP contribution in [0.15, 0.2) is 35.8 Å². The number of halogens is 1.